The molecule has 2 N–H and O–H groups in total. The van der Waals surface area contributed by atoms with Crippen molar-refractivity contribution >= 4 is 23.1 Å². The van der Waals surface area contributed by atoms with Crippen molar-refractivity contribution in [3.05, 3.63) is 34.7 Å². The Morgan fingerprint density at radius 1 is 1.43 bits per heavy atom. The molecular formula is C13H14N6OS. The number of nitrogens with one attached hydrogen (secondary N) is 2. The Labute approximate surface area is 125 Å². The van der Waals surface area contributed by atoms with Gasteiger partial charge < -0.3 is 5.32 Å². The van der Waals surface area contributed by atoms with Gasteiger partial charge in [-0.3, -0.25) is 9.48 Å². The zero-order valence-corrected chi connectivity index (χ0v) is 12.2. The zero-order valence-electron chi connectivity index (χ0n) is 11.4. The summed E-state index contributed by atoms with van der Waals surface area (Å²) in [6.45, 7) is 0. The van der Waals surface area contributed by atoms with E-state index < -0.39 is 0 Å². The minimum absolute atomic E-state index is 0.0827. The second-order valence-corrected chi connectivity index (χ2v) is 5.52. The van der Waals surface area contributed by atoms with Crippen molar-refractivity contribution in [2.24, 2.45) is 7.05 Å². The number of rotatable bonds is 5. The Morgan fingerprint density at radius 2 is 2.33 bits per heavy atom. The van der Waals surface area contributed by atoms with Gasteiger partial charge in [0.05, 0.1) is 5.69 Å². The van der Waals surface area contributed by atoms with Crippen LogP contribution in [0.25, 0.3) is 11.4 Å². The largest absolute Gasteiger partial charge is 0.307 e. The van der Waals surface area contributed by atoms with Crippen molar-refractivity contribution in [3.8, 4) is 11.4 Å². The van der Waals surface area contributed by atoms with Gasteiger partial charge in [-0.1, -0.05) is 6.07 Å². The first-order chi connectivity index (χ1) is 10.2. The van der Waals surface area contributed by atoms with Gasteiger partial charge in [-0.05, 0) is 23.9 Å². The van der Waals surface area contributed by atoms with Crippen LogP contribution >= 0.6 is 11.3 Å². The molecule has 0 aromatic carbocycles. The number of amides is 1. The van der Waals surface area contributed by atoms with Crippen LogP contribution in [0.3, 0.4) is 0 Å². The maximum absolute atomic E-state index is 12.0. The minimum Gasteiger partial charge on any atom is -0.307 e. The maximum Gasteiger partial charge on any atom is 0.225 e. The van der Waals surface area contributed by atoms with E-state index >= 15 is 0 Å². The van der Waals surface area contributed by atoms with E-state index in [1.165, 1.54) is 4.88 Å². The summed E-state index contributed by atoms with van der Waals surface area (Å²) in [5.41, 5.74) is 1.37. The van der Waals surface area contributed by atoms with E-state index in [2.05, 4.69) is 25.8 Å². The lowest BCUT2D eigenvalue weighted by Gasteiger charge is -2.03. The summed E-state index contributed by atoms with van der Waals surface area (Å²) in [6.07, 6.45) is 2.81. The molecule has 0 unspecified atom stereocenters. The number of hydrogen-bond acceptors (Lipinski definition) is 5. The highest BCUT2D eigenvalue weighted by Crippen LogP contribution is 2.22. The minimum atomic E-state index is -0.0827. The summed E-state index contributed by atoms with van der Waals surface area (Å²) in [5.74, 6) is 0.343. The number of aromatic nitrogens is 5. The highest BCUT2D eigenvalue weighted by molar-refractivity contribution is 7.09. The molecule has 0 aliphatic carbocycles. The lowest BCUT2D eigenvalue weighted by atomic mass is 10.2. The van der Waals surface area contributed by atoms with Gasteiger partial charge in [0.2, 0.25) is 5.91 Å². The average Bonchev–Trinajstić information content (AvgIpc) is 3.18. The molecule has 0 aliphatic heterocycles. The highest BCUT2D eigenvalue weighted by atomic mass is 32.1. The van der Waals surface area contributed by atoms with E-state index in [1.54, 1.807) is 22.2 Å². The van der Waals surface area contributed by atoms with Gasteiger partial charge in [0.1, 0.15) is 0 Å². The Morgan fingerprint density at radius 3 is 3.05 bits per heavy atom. The normalized spacial score (nSPS) is 10.7. The summed E-state index contributed by atoms with van der Waals surface area (Å²) in [5, 5.41) is 19.5. The van der Waals surface area contributed by atoms with Crippen LogP contribution in [-0.4, -0.2) is 31.1 Å². The van der Waals surface area contributed by atoms with E-state index in [0.717, 1.165) is 12.1 Å². The Hall–Kier alpha value is -2.48. The number of nitrogens with zero attached hydrogens (tertiary/aromatic N) is 4. The molecule has 1 amide bonds. The molecule has 3 aromatic heterocycles. The smallest absolute Gasteiger partial charge is 0.225 e. The summed E-state index contributed by atoms with van der Waals surface area (Å²) >= 11 is 1.65. The van der Waals surface area contributed by atoms with Crippen LogP contribution in [0.15, 0.2) is 29.8 Å². The maximum atomic E-state index is 12.0. The predicted octanol–water partition coefficient (Wildman–Crippen LogP) is 1.84. The third-order valence-electron chi connectivity index (χ3n) is 3.05. The summed E-state index contributed by atoms with van der Waals surface area (Å²) in [4.78, 5) is 13.2. The van der Waals surface area contributed by atoms with Crippen LogP contribution in [0.4, 0.5) is 5.82 Å². The van der Waals surface area contributed by atoms with Crippen LogP contribution < -0.4 is 5.32 Å². The molecule has 0 saturated carbocycles. The fourth-order valence-corrected chi connectivity index (χ4v) is 2.70. The molecule has 0 saturated heterocycles. The first-order valence-electron chi connectivity index (χ1n) is 6.45. The molecular weight excluding hydrogens is 288 g/mol. The summed E-state index contributed by atoms with van der Waals surface area (Å²) < 4.78 is 1.68. The first kappa shape index (κ1) is 13.5. The molecule has 0 spiro atoms. The second-order valence-electron chi connectivity index (χ2n) is 4.49. The number of aryl methyl sites for hydroxylation is 2. The third-order valence-corrected chi connectivity index (χ3v) is 3.98. The lowest BCUT2D eigenvalue weighted by Crippen LogP contribution is -2.13. The molecule has 0 bridgehead atoms. The molecule has 0 atom stereocenters. The lowest BCUT2D eigenvalue weighted by molar-refractivity contribution is -0.116. The van der Waals surface area contributed by atoms with Gasteiger partial charge in [-0.15, -0.1) is 16.4 Å². The SMILES string of the molecule is Cn1nccc1-c1n[nH]nc1NC(=O)CCc1cccs1. The van der Waals surface area contributed by atoms with Crippen molar-refractivity contribution in [1.29, 1.82) is 0 Å². The van der Waals surface area contributed by atoms with Crippen LogP contribution in [-0.2, 0) is 18.3 Å². The molecule has 3 heterocycles. The predicted molar refractivity (Wildman–Crippen MR) is 79.9 cm³/mol. The third kappa shape index (κ3) is 3.00. The molecule has 21 heavy (non-hydrogen) atoms. The summed E-state index contributed by atoms with van der Waals surface area (Å²) in [6, 6.07) is 5.82. The van der Waals surface area contributed by atoms with Crippen molar-refractivity contribution < 1.29 is 4.79 Å². The number of hydrogen-bond donors (Lipinski definition) is 2. The van der Waals surface area contributed by atoms with Crippen LogP contribution in [0.1, 0.15) is 11.3 Å². The van der Waals surface area contributed by atoms with Crippen molar-refractivity contribution in [2.45, 2.75) is 12.8 Å². The van der Waals surface area contributed by atoms with Crippen LogP contribution in [0.5, 0.6) is 0 Å². The Balaban J connectivity index is 1.67. The highest BCUT2D eigenvalue weighted by Gasteiger charge is 2.15. The van der Waals surface area contributed by atoms with E-state index in [-0.39, 0.29) is 5.91 Å². The van der Waals surface area contributed by atoms with Gasteiger partial charge in [0.25, 0.3) is 0 Å². The van der Waals surface area contributed by atoms with Gasteiger partial charge in [0, 0.05) is 24.5 Å². The van der Waals surface area contributed by atoms with E-state index in [0.29, 0.717) is 17.9 Å². The van der Waals surface area contributed by atoms with Crippen molar-refractivity contribution in [3.63, 3.8) is 0 Å². The van der Waals surface area contributed by atoms with Gasteiger partial charge in [0.15, 0.2) is 11.5 Å². The first-order valence-corrected chi connectivity index (χ1v) is 7.33. The van der Waals surface area contributed by atoms with E-state index in [1.807, 2.05) is 30.6 Å². The fraction of sp³-hybridized carbons (Fsp3) is 0.231. The molecule has 7 nitrogen and oxygen atoms in total. The molecule has 3 aromatic rings. The second kappa shape index (κ2) is 5.88. The van der Waals surface area contributed by atoms with Gasteiger partial charge >= 0.3 is 0 Å². The molecule has 108 valence electrons. The number of anilines is 1. The number of carbonyl (C=O) groups excluding carboxylic acids is 1. The molecule has 0 fully saturated rings. The average molecular weight is 302 g/mol. The topological polar surface area (TPSA) is 88.5 Å². The summed E-state index contributed by atoms with van der Waals surface area (Å²) in [7, 11) is 1.81. The fourth-order valence-electron chi connectivity index (χ4n) is 1.99. The molecule has 8 heteroatoms. The van der Waals surface area contributed by atoms with E-state index in [9.17, 15) is 4.79 Å². The van der Waals surface area contributed by atoms with Gasteiger partial charge in [-0.25, -0.2) is 0 Å². The zero-order chi connectivity index (χ0) is 14.7. The Bertz CT molecular complexity index is 730. The quantitative estimate of drug-likeness (QED) is 0.752. The standard InChI is InChI=1S/C13H14N6OS/c1-19-10(6-7-14-19)12-13(17-18-16-12)15-11(20)5-4-9-3-2-8-21-9/h2-3,6-8H,4-5H2,1H3,(H2,15,16,17,18,20). The van der Waals surface area contributed by atoms with Crippen molar-refractivity contribution in [1.82, 2.24) is 25.2 Å². The molecule has 0 aliphatic rings. The number of H-pyrrole nitrogens is 1. The Kier molecular flexibility index (Phi) is 3.78. The van der Waals surface area contributed by atoms with Crippen molar-refractivity contribution in [2.75, 3.05) is 5.32 Å². The number of thiophene rings is 1. The number of aromatic amines is 1. The van der Waals surface area contributed by atoms with E-state index in [4.69, 9.17) is 0 Å². The van der Waals surface area contributed by atoms with Gasteiger partial charge in [-0.2, -0.15) is 15.4 Å². The number of carbonyl (C=O) groups is 1. The van der Waals surface area contributed by atoms with Crippen LogP contribution in [0, 0.1) is 0 Å². The molecule has 0 radical (unpaired) electrons. The van der Waals surface area contributed by atoms with Crippen LogP contribution in [0.2, 0.25) is 0 Å². The monoisotopic (exact) mass is 302 g/mol. The molecule has 3 rings (SSSR count).